The maximum atomic E-state index is 2.44. The molecule has 4 heterocycles. The van der Waals surface area contributed by atoms with Crippen molar-refractivity contribution in [3.63, 3.8) is 0 Å². The summed E-state index contributed by atoms with van der Waals surface area (Å²) in [4.78, 5) is 9.71. The molecule has 0 spiro atoms. The van der Waals surface area contributed by atoms with E-state index in [1.165, 1.54) is 0 Å². The molecule has 0 aromatic rings. The molecule has 0 aromatic carbocycles. The second-order valence-electron chi connectivity index (χ2n) is 3.15. The minimum atomic E-state index is 0.692. The third-order valence-corrected chi connectivity index (χ3v) is 28.0. The minimum absolute atomic E-state index is 0.692. The molecule has 0 aliphatic carbocycles. The molecule has 0 N–H and O–H groups in total. The Morgan fingerprint density at radius 3 is 1.67 bits per heavy atom. The van der Waals surface area contributed by atoms with Crippen LogP contribution in [0.25, 0.3) is 0 Å². The Morgan fingerprint density at radius 1 is 0.611 bits per heavy atom. The Labute approximate surface area is 152 Å². The molecular formula is C10H4S2Se6. The summed E-state index contributed by atoms with van der Waals surface area (Å²) in [5, 5.41) is 0. The zero-order valence-corrected chi connectivity index (χ0v) is 20.5. The average Bonchev–Trinajstić information content (AvgIpc) is 3.13. The summed E-state index contributed by atoms with van der Waals surface area (Å²) in [7, 11) is 0. The van der Waals surface area contributed by atoms with Gasteiger partial charge in [-0.05, 0) is 0 Å². The van der Waals surface area contributed by atoms with Crippen molar-refractivity contribution in [2.75, 3.05) is 0 Å². The van der Waals surface area contributed by atoms with Gasteiger partial charge in [-0.1, -0.05) is 0 Å². The van der Waals surface area contributed by atoms with Crippen LogP contribution in [0.1, 0.15) is 0 Å². The van der Waals surface area contributed by atoms with Crippen molar-refractivity contribution in [1.82, 2.24) is 0 Å². The Kier molecular flexibility index (Phi) is 4.97. The summed E-state index contributed by atoms with van der Waals surface area (Å²) < 4.78 is 10.9. The second kappa shape index (κ2) is 6.33. The number of hydrogen-bond acceptors (Lipinski definition) is 2. The van der Waals surface area contributed by atoms with Crippen molar-refractivity contribution in [2.45, 2.75) is 0 Å². The van der Waals surface area contributed by atoms with E-state index in [9.17, 15) is 0 Å². The van der Waals surface area contributed by atoms with Gasteiger partial charge in [-0.2, -0.15) is 0 Å². The van der Waals surface area contributed by atoms with Gasteiger partial charge in [0.05, 0.1) is 0 Å². The molecule has 0 bridgehead atoms. The summed E-state index contributed by atoms with van der Waals surface area (Å²) in [5.41, 5.74) is 0. The van der Waals surface area contributed by atoms with Crippen LogP contribution in [0, 0.1) is 0 Å². The Bertz CT molecular complexity index is 481. The average molecular weight is 662 g/mol. The zero-order chi connectivity index (χ0) is 11.9. The van der Waals surface area contributed by atoms with Crippen molar-refractivity contribution >= 4 is 113 Å². The van der Waals surface area contributed by atoms with E-state index in [1.807, 2.05) is 6.74 Å². The topological polar surface area (TPSA) is 0 Å². The molecule has 8 heteroatoms. The summed E-state index contributed by atoms with van der Waals surface area (Å²) >= 11 is 8.59. The summed E-state index contributed by atoms with van der Waals surface area (Å²) in [6, 6.07) is 0. The van der Waals surface area contributed by atoms with E-state index in [0.717, 1.165) is 29.9 Å². The summed E-state index contributed by atoms with van der Waals surface area (Å²) in [5.74, 6) is 0. The molecule has 0 atom stereocenters. The van der Waals surface area contributed by atoms with Gasteiger partial charge in [-0.3, -0.25) is 0 Å². The molecule has 0 amide bonds. The fourth-order valence-electron chi connectivity index (χ4n) is 1.36. The van der Waals surface area contributed by atoms with Crippen LogP contribution in [-0.2, 0) is 0 Å². The standard InChI is InChI=1S/C10H4S2Se6/c1-2-14-8(13-1)5-11-6-7(12-5)18-10(17-6)9-15-3-4-16-9/h1-4H. The van der Waals surface area contributed by atoms with E-state index in [1.54, 1.807) is 15.2 Å². The number of thioether (sulfide) groups is 2. The predicted octanol–water partition coefficient (Wildman–Crippen LogP) is 1.05. The quantitative estimate of drug-likeness (QED) is 0.357. The van der Waals surface area contributed by atoms with Gasteiger partial charge in [-0.15, -0.1) is 0 Å². The van der Waals surface area contributed by atoms with Gasteiger partial charge in [0.1, 0.15) is 0 Å². The van der Waals surface area contributed by atoms with Gasteiger partial charge < -0.3 is 0 Å². The zero-order valence-electron chi connectivity index (χ0n) is 8.58. The molecule has 0 aromatic heterocycles. The van der Waals surface area contributed by atoms with Crippen molar-refractivity contribution in [3.8, 4) is 0 Å². The first-order valence-electron chi connectivity index (χ1n) is 4.81. The molecule has 4 rings (SSSR count). The first-order chi connectivity index (χ1) is 8.90. The van der Waals surface area contributed by atoms with Gasteiger partial charge in [0.2, 0.25) is 0 Å². The Morgan fingerprint density at radius 2 is 1.11 bits per heavy atom. The normalized spacial score (nSPS) is 26.2. The van der Waals surface area contributed by atoms with E-state index in [2.05, 4.69) is 43.4 Å². The summed E-state index contributed by atoms with van der Waals surface area (Å²) in [6.45, 7) is 0. The molecule has 18 heavy (non-hydrogen) atoms. The van der Waals surface area contributed by atoms with Gasteiger partial charge in [0, 0.05) is 0 Å². The second-order valence-corrected chi connectivity index (χ2v) is 22.5. The van der Waals surface area contributed by atoms with Crippen LogP contribution in [0.2, 0.25) is 0 Å². The van der Waals surface area contributed by atoms with Crippen LogP contribution in [0.5, 0.6) is 0 Å². The van der Waals surface area contributed by atoms with Crippen LogP contribution < -0.4 is 0 Å². The predicted molar refractivity (Wildman–Crippen MR) is 89.1 cm³/mol. The van der Waals surface area contributed by atoms with E-state index < -0.39 is 0 Å². The number of hydrogen-bond donors (Lipinski definition) is 0. The van der Waals surface area contributed by atoms with Crippen LogP contribution in [0.3, 0.4) is 0 Å². The van der Waals surface area contributed by atoms with Gasteiger partial charge in [0.15, 0.2) is 0 Å². The van der Waals surface area contributed by atoms with E-state index in [-0.39, 0.29) is 0 Å². The molecule has 0 saturated carbocycles. The first-order valence-corrected chi connectivity index (χ1v) is 17.3. The molecular weight excluding hydrogens is 658 g/mol. The molecule has 0 unspecified atom stereocenters. The summed E-state index contributed by atoms with van der Waals surface area (Å²) in [6.07, 6.45) is 0. The molecule has 4 aliphatic rings. The van der Waals surface area contributed by atoms with E-state index >= 15 is 0 Å². The SMILES string of the molecule is C1=C[Se]C(=C2SC3=C(S2)[Se]C(=C2[Se]C=C[Se]2)[Se]3)[Se]1. The van der Waals surface area contributed by atoms with E-state index in [4.69, 9.17) is 0 Å². The molecule has 0 radical (unpaired) electrons. The van der Waals surface area contributed by atoms with Crippen LogP contribution >= 0.6 is 23.5 Å². The third kappa shape index (κ3) is 2.87. The molecule has 0 saturated heterocycles. The molecule has 0 nitrogen and oxygen atoms in total. The maximum absolute atomic E-state index is 2.44. The van der Waals surface area contributed by atoms with Crippen LogP contribution in [0.4, 0.5) is 0 Å². The first kappa shape index (κ1) is 14.1. The van der Waals surface area contributed by atoms with E-state index in [0.29, 0.717) is 59.8 Å². The Balaban J connectivity index is 1.51. The van der Waals surface area contributed by atoms with Gasteiger partial charge >= 0.3 is 155 Å². The molecule has 4 aliphatic heterocycles. The fourth-order valence-corrected chi connectivity index (χ4v) is 27.6. The van der Waals surface area contributed by atoms with Crippen LogP contribution in [-0.4, -0.2) is 89.7 Å². The number of rotatable bonds is 0. The monoisotopic (exact) mass is 667 g/mol. The van der Waals surface area contributed by atoms with Gasteiger partial charge in [-0.25, -0.2) is 0 Å². The molecule has 92 valence electrons. The fraction of sp³-hybridized carbons (Fsp3) is 0. The van der Waals surface area contributed by atoms with Crippen molar-refractivity contribution in [1.29, 1.82) is 0 Å². The van der Waals surface area contributed by atoms with Crippen LogP contribution in [0.15, 0.2) is 41.9 Å². The molecule has 0 fully saturated rings. The van der Waals surface area contributed by atoms with Crippen molar-refractivity contribution in [2.24, 2.45) is 0 Å². The third-order valence-electron chi connectivity index (χ3n) is 2.05. The van der Waals surface area contributed by atoms with Crippen molar-refractivity contribution < 1.29 is 0 Å². The Hall–Kier alpha value is 2.52. The van der Waals surface area contributed by atoms with Crippen molar-refractivity contribution in [3.05, 3.63) is 41.9 Å². The van der Waals surface area contributed by atoms with Gasteiger partial charge in [0.25, 0.3) is 0 Å².